The molecule has 35 heavy (non-hydrogen) atoms. The topological polar surface area (TPSA) is 105 Å². The lowest BCUT2D eigenvalue weighted by molar-refractivity contribution is -0.152. The van der Waals surface area contributed by atoms with Crippen molar-refractivity contribution in [3.63, 3.8) is 0 Å². The van der Waals surface area contributed by atoms with Gasteiger partial charge in [-0.3, -0.25) is 4.79 Å². The molecule has 2 amide bonds. The lowest BCUT2D eigenvalue weighted by Gasteiger charge is -2.40. The molecule has 3 aliphatic rings. The Labute approximate surface area is 205 Å². The summed E-state index contributed by atoms with van der Waals surface area (Å²) in [7, 11) is 0. The normalized spacial score (nSPS) is 22.3. The molecule has 0 aromatic heterocycles. The van der Waals surface area contributed by atoms with Gasteiger partial charge in [0.2, 0.25) is 5.91 Å². The molecule has 0 atom stereocenters. The van der Waals surface area contributed by atoms with Gasteiger partial charge in [-0.05, 0) is 73.1 Å². The first kappa shape index (κ1) is 23.4. The lowest BCUT2D eigenvalue weighted by Crippen LogP contribution is -2.60. The van der Waals surface area contributed by atoms with Crippen LogP contribution in [0.4, 0.5) is 4.79 Å². The molecule has 7 nitrogen and oxygen atoms in total. The fourth-order valence-electron chi connectivity index (χ4n) is 5.77. The Hall–Kier alpha value is -3.35. The number of hydrogen-bond acceptors (Lipinski definition) is 4. The first-order valence-electron chi connectivity index (χ1n) is 12.6. The number of carboxylic acids is 1. The minimum absolute atomic E-state index is 0.0341. The van der Waals surface area contributed by atoms with Crippen LogP contribution in [0.3, 0.4) is 0 Å². The highest BCUT2D eigenvalue weighted by molar-refractivity contribution is 5.89. The Bertz CT molecular complexity index is 1070. The maximum Gasteiger partial charge on any atom is 0.407 e. The molecule has 3 aliphatic carbocycles. The maximum atomic E-state index is 12.6. The van der Waals surface area contributed by atoms with Crippen LogP contribution in [0.25, 0.3) is 11.1 Å². The molecule has 7 heteroatoms. The minimum Gasteiger partial charge on any atom is -0.480 e. The molecule has 2 aromatic carbocycles. The van der Waals surface area contributed by atoms with Crippen LogP contribution in [-0.4, -0.2) is 41.8 Å². The molecule has 0 radical (unpaired) electrons. The van der Waals surface area contributed by atoms with Gasteiger partial charge in [0, 0.05) is 18.4 Å². The van der Waals surface area contributed by atoms with Crippen molar-refractivity contribution in [3.8, 4) is 11.1 Å². The molecule has 0 spiro atoms. The average molecular weight is 477 g/mol. The number of carbonyl (C=O) groups excluding carboxylic acids is 2. The van der Waals surface area contributed by atoms with Crippen molar-refractivity contribution in [1.82, 2.24) is 10.6 Å². The summed E-state index contributed by atoms with van der Waals surface area (Å²) in [5.74, 6) is -0.908. The van der Waals surface area contributed by atoms with Crippen LogP contribution >= 0.6 is 0 Å². The highest BCUT2D eigenvalue weighted by atomic mass is 16.5. The van der Waals surface area contributed by atoms with E-state index in [0.717, 1.165) is 19.3 Å². The average Bonchev–Trinajstić information content (AvgIpc) is 3.17. The summed E-state index contributed by atoms with van der Waals surface area (Å²) in [5.41, 5.74) is 3.71. The summed E-state index contributed by atoms with van der Waals surface area (Å²) < 4.78 is 5.62. The number of carboxylic acid groups (broad SMARTS) is 1. The van der Waals surface area contributed by atoms with E-state index in [1.165, 1.54) is 22.3 Å². The van der Waals surface area contributed by atoms with Crippen molar-refractivity contribution in [1.29, 1.82) is 0 Å². The molecule has 184 valence electrons. The van der Waals surface area contributed by atoms with E-state index in [4.69, 9.17) is 4.74 Å². The van der Waals surface area contributed by atoms with Crippen LogP contribution in [-0.2, 0) is 14.3 Å². The van der Waals surface area contributed by atoms with E-state index < -0.39 is 17.6 Å². The number of benzene rings is 2. The van der Waals surface area contributed by atoms with Gasteiger partial charge in [0.1, 0.15) is 12.1 Å². The largest absolute Gasteiger partial charge is 0.480 e. The molecule has 3 N–H and O–H groups in total. The Morgan fingerprint density at radius 3 is 2.06 bits per heavy atom. The molecule has 2 fully saturated rings. The molecule has 5 rings (SSSR count). The van der Waals surface area contributed by atoms with E-state index >= 15 is 0 Å². The van der Waals surface area contributed by atoms with Gasteiger partial charge in [-0.25, -0.2) is 9.59 Å². The van der Waals surface area contributed by atoms with Gasteiger partial charge >= 0.3 is 12.1 Å². The molecule has 2 saturated carbocycles. The van der Waals surface area contributed by atoms with Crippen molar-refractivity contribution >= 4 is 18.0 Å². The molecular weight excluding hydrogens is 444 g/mol. The number of rotatable bonds is 7. The smallest absolute Gasteiger partial charge is 0.407 e. The van der Waals surface area contributed by atoms with Gasteiger partial charge in [0.15, 0.2) is 0 Å². The molecular formula is C28H32N2O5. The maximum absolute atomic E-state index is 12.6. The fourth-order valence-corrected chi connectivity index (χ4v) is 5.77. The van der Waals surface area contributed by atoms with Crippen molar-refractivity contribution < 1.29 is 24.2 Å². The zero-order valence-corrected chi connectivity index (χ0v) is 19.8. The number of carbonyl (C=O) groups is 3. The summed E-state index contributed by atoms with van der Waals surface area (Å²) in [6, 6.07) is 16.5. The van der Waals surface area contributed by atoms with E-state index in [1.54, 1.807) is 0 Å². The summed E-state index contributed by atoms with van der Waals surface area (Å²) in [5, 5.41) is 15.1. The third kappa shape index (κ3) is 4.64. The van der Waals surface area contributed by atoms with Gasteiger partial charge in [-0.2, -0.15) is 0 Å². The van der Waals surface area contributed by atoms with Crippen LogP contribution in [0.15, 0.2) is 48.5 Å². The first-order valence-corrected chi connectivity index (χ1v) is 12.6. The van der Waals surface area contributed by atoms with E-state index in [9.17, 15) is 19.5 Å². The van der Waals surface area contributed by atoms with Crippen molar-refractivity contribution in [2.45, 2.75) is 56.4 Å². The third-order valence-electron chi connectivity index (χ3n) is 8.08. The van der Waals surface area contributed by atoms with Gasteiger partial charge in [0.25, 0.3) is 0 Å². The quantitative estimate of drug-likeness (QED) is 0.547. The molecule has 0 unspecified atom stereocenters. The van der Waals surface area contributed by atoms with Crippen LogP contribution in [0, 0.1) is 11.8 Å². The zero-order valence-electron chi connectivity index (χ0n) is 19.8. The number of aliphatic carboxylic acids is 1. The standard InChI is InChI=1S/C28H32N2O5/c31-25(30-28(26(32)33)14-5-15-28)19-12-10-18(11-13-19)16-29-27(34)35-17-24-22-8-3-1-6-20(22)21-7-2-4-9-23(21)24/h1-4,6-9,18-19,24H,5,10-17H2,(H,29,34)(H,30,31)(H,32,33). The summed E-state index contributed by atoms with van der Waals surface area (Å²) in [6.07, 6.45) is 4.49. The number of nitrogens with one attached hydrogen (secondary N) is 2. The van der Waals surface area contributed by atoms with Crippen molar-refractivity contribution in [3.05, 3.63) is 59.7 Å². The molecule has 0 saturated heterocycles. The van der Waals surface area contributed by atoms with Crippen molar-refractivity contribution in [2.75, 3.05) is 13.2 Å². The van der Waals surface area contributed by atoms with E-state index in [-0.39, 0.29) is 30.3 Å². The molecule has 0 aliphatic heterocycles. The summed E-state index contributed by atoms with van der Waals surface area (Å²) in [6.45, 7) is 0.808. The third-order valence-corrected chi connectivity index (χ3v) is 8.08. The Morgan fingerprint density at radius 1 is 0.914 bits per heavy atom. The monoisotopic (exact) mass is 476 g/mol. The van der Waals surface area contributed by atoms with Gasteiger partial charge in [-0.15, -0.1) is 0 Å². The van der Waals surface area contributed by atoms with E-state index in [1.807, 2.05) is 24.3 Å². The highest BCUT2D eigenvalue weighted by Crippen LogP contribution is 2.44. The predicted octanol–water partition coefficient (Wildman–Crippen LogP) is 4.46. The fraction of sp³-hybridized carbons (Fsp3) is 0.464. The van der Waals surface area contributed by atoms with Crippen LogP contribution < -0.4 is 10.6 Å². The number of ether oxygens (including phenoxy) is 1. The summed E-state index contributed by atoms with van der Waals surface area (Å²) >= 11 is 0. The molecule has 0 heterocycles. The summed E-state index contributed by atoms with van der Waals surface area (Å²) in [4.78, 5) is 36.6. The van der Waals surface area contributed by atoms with Gasteiger partial charge in [-0.1, -0.05) is 48.5 Å². The second-order valence-corrected chi connectivity index (χ2v) is 10.2. The number of hydrogen-bond donors (Lipinski definition) is 3. The second-order valence-electron chi connectivity index (χ2n) is 10.2. The molecule has 2 aromatic rings. The number of alkyl carbamates (subject to hydrolysis) is 1. The molecule has 0 bridgehead atoms. The Balaban J connectivity index is 1.07. The SMILES string of the molecule is O=C(NCC1CCC(C(=O)NC2(C(=O)O)CCC2)CC1)OCC1c2ccccc2-c2ccccc21. The number of amides is 2. The van der Waals surface area contributed by atoms with Crippen LogP contribution in [0.5, 0.6) is 0 Å². The zero-order chi connectivity index (χ0) is 24.4. The van der Waals surface area contributed by atoms with E-state index in [2.05, 4.69) is 34.9 Å². The first-order chi connectivity index (χ1) is 17.0. The van der Waals surface area contributed by atoms with E-state index in [0.29, 0.717) is 32.2 Å². The van der Waals surface area contributed by atoms with Crippen LogP contribution in [0.1, 0.15) is 62.0 Å². The highest BCUT2D eigenvalue weighted by Gasteiger charge is 2.46. The van der Waals surface area contributed by atoms with Gasteiger partial charge in [0.05, 0.1) is 0 Å². The van der Waals surface area contributed by atoms with Crippen molar-refractivity contribution in [2.24, 2.45) is 11.8 Å². The minimum atomic E-state index is -1.06. The van der Waals surface area contributed by atoms with Gasteiger partial charge < -0.3 is 20.5 Å². The van der Waals surface area contributed by atoms with Crippen LogP contribution in [0.2, 0.25) is 0 Å². The number of fused-ring (bicyclic) bond motifs is 3. The lowest BCUT2D eigenvalue weighted by atomic mass is 9.75. The Morgan fingerprint density at radius 2 is 1.51 bits per heavy atom. The predicted molar refractivity (Wildman–Crippen MR) is 131 cm³/mol. The Kier molecular flexibility index (Phi) is 6.50. The second kappa shape index (κ2) is 9.72.